The van der Waals surface area contributed by atoms with Crippen LogP contribution < -0.4 is 0 Å². The van der Waals surface area contributed by atoms with Crippen molar-refractivity contribution >= 4 is 15.9 Å². The second kappa shape index (κ2) is 7.84. The van der Waals surface area contributed by atoms with E-state index in [0.29, 0.717) is 38.2 Å². The first-order valence-electron chi connectivity index (χ1n) is 8.50. The molecule has 7 heteroatoms. The summed E-state index contributed by atoms with van der Waals surface area (Å²) < 4.78 is 26.5. The van der Waals surface area contributed by atoms with Crippen molar-refractivity contribution in [3.05, 3.63) is 59.9 Å². The van der Waals surface area contributed by atoms with E-state index in [1.165, 1.54) is 4.31 Å². The lowest BCUT2D eigenvalue weighted by Gasteiger charge is -2.33. The summed E-state index contributed by atoms with van der Waals surface area (Å²) in [7, 11) is -3.27. The van der Waals surface area contributed by atoms with E-state index in [-0.39, 0.29) is 11.7 Å². The number of hydrogen-bond acceptors (Lipinski definition) is 3. The molecule has 134 valence electrons. The monoisotopic (exact) mass is 361 g/mol. The van der Waals surface area contributed by atoms with Crippen LogP contribution in [-0.4, -0.2) is 60.4 Å². The highest BCUT2D eigenvalue weighted by Crippen LogP contribution is 2.13. The van der Waals surface area contributed by atoms with Crippen molar-refractivity contribution in [3.8, 4) is 0 Å². The Hall–Kier alpha value is -2.12. The smallest absolute Gasteiger partial charge is 0.255 e. The van der Waals surface area contributed by atoms with Crippen LogP contribution in [0.25, 0.3) is 0 Å². The largest absolute Gasteiger partial charge is 0.367 e. The Balaban J connectivity index is 1.48. The van der Waals surface area contributed by atoms with E-state index in [4.69, 9.17) is 0 Å². The number of nitrogens with one attached hydrogen (secondary N) is 1. The van der Waals surface area contributed by atoms with E-state index in [2.05, 4.69) is 4.98 Å². The Morgan fingerprint density at radius 3 is 2.40 bits per heavy atom. The molecule has 6 nitrogen and oxygen atoms in total. The maximum atomic E-state index is 12.5. The van der Waals surface area contributed by atoms with Gasteiger partial charge in [-0.3, -0.25) is 4.79 Å². The minimum absolute atomic E-state index is 0.0534. The number of carbonyl (C=O) groups excluding carboxylic acids is 1. The third kappa shape index (κ3) is 4.49. The van der Waals surface area contributed by atoms with Crippen molar-refractivity contribution < 1.29 is 13.2 Å². The zero-order valence-electron chi connectivity index (χ0n) is 14.1. The highest BCUT2D eigenvalue weighted by molar-refractivity contribution is 7.89. The molecule has 1 N–H and O–H groups in total. The van der Waals surface area contributed by atoms with Crippen LogP contribution in [-0.2, 0) is 16.4 Å². The predicted octanol–water partition coefficient (Wildman–Crippen LogP) is 1.74. The number of H-pyrrole nitrogens is 1. The zero-order chi connectivity index (χ0) is 17.7. The number of sulfonamides is 1. The molecule has 3 rings (SSSR count). The molecule has 25 heavy (non-hydrogen) atoms. The SMILES string of the molecule is O=C(c1cc[nH]c1)N1CCN(S(=O)(=O)CCCc2ccccc2)CC1. The van der Waals surface area contributed by atoms with Crippen LogP contribution in [0.5, 0.6) is 0 Å². The summed E-state index contributed by atoms with van der Waals surface area (Å²) in [5.74, 6) is 0.0931. The van der Waals surface area contributed by atoms with Crippen LogP contribution in [0.1, 0.15) is 22.3 Å². The molecule has 0 bridgehead atoms. The van der Waals surface area contributed by atoms with Crippen LogP contribution in [0.4, 0.5) is 0 Å². The number of hydrogen-bond donors (Lipinski definition) is 1. The number of aromatic nitrogens is 1. The van der Waals surface area contributed by atoms with Crippen LogP contribution in [0.2, 0.25) is 0 Å². The first-order valence-corrected chi connectivity index (χ1v) is 10.1. The molecule has 2 aromatic rings. The van der Waals surface area contributed by atoms with Crippen LogP contribution >= 0.6 is 0 Å². The topological polar surface area (TPSA) is 73.5 Å². The van der Waals surface area contributed by atoms with Crippen LogP contribution in [0.3, 0.4) is 0 Å². The summed E-state index contributed by atoms with van der Waals surface area (Å²) in [6.07, 6.45) is 4.73. The molecule has 0 spiro atoms. The fourth-order valence-corrected chi connectivity index (χ4v) is 4.53. The molecule has 1 aliphatic rings. The normalized spacial score (nSPS) is 16.1. The van der Waals surface area contributed by atoms with Crippen molar-refractivity contribution in [2.24, 2.45) is 0 Å². The van der Waals surface area contributed by atoms with Gasteiger partial charge in [-0.15, -0.1) is 0 Å². The van der Waals surface area contributed by atoms with Gasteiger partial charge in [0.15, 0.2) is 0 Å². The lowest BCUT2D eigenvalue weighted by atomic mass is 10.1. The molecule has 0 aliphatic carbocycles. The minimum atomic E-state index is -3.27. The molecule has 0 radical (unpaired) electrons. The summed E-state index contributed by atoms with van der Waals surface area (Å²) in [5, 5.41) is 0. The van der Waals surface area contributed by atoms with Gasteiger partial charge in [0.05, 0.1) is 11.3 Å². The maximum Gasteiger partial charge on any atom is 0.255 e. The van der Waals surface area contributed by atoms with Crippen molar-refractivity contribution in [3.63, 3.8) is 0 Å². The molecule has 2 heterocycles. The molecule has 1 saturated heterocycles. The van der Waals surface area contributed by atoms with Crippen molar-refractivity contribution in [2.45, 2.75) is 12.8 Å². The van der Waals surface area contributed by atoms with Gasteiger partial charge >= 0.3 is 0 Å². The number of amides is 1. The standard InChI is InChI=1S/C18H23N3O3S/c22-18(17-8-9-19-15-17)20-10-12-21(13-11-20)25(23,24)14-4-7-16-5-2-1-3-6-16/h1-3,5-6,8-9,15,19H,4,7,10-14H2. The molecular formula is C18H23N3O3S. The molecule has 0 atom stereocenters. The maximum absolute atomic E-state index is 12.5. The van der Waals surface area contributed by atoms with E-state index in [9.17, 15) is 13.2 Å². The van der Waals surface area contributed by atoms with Crippen molar-refractivity contribution in [2.75, 3.05) is 31.9 Å². The molecule has 0 unspecified atom stereocenters. The Bertz CT molecular complexity index is 780. The number of carbonyl (C=O) groups is 1. The highest BCUT2D eigenvalue weighted by atomic mass is 32.2. The average molecular weight is 361 g/mol. The summed E-state index contributed by atoms with van der Waals surface area (Å²) in [4.78, 5) is 16.9. The molecule has 1 fully saturated rings. The van der Waals surface area contributed by atoms with E-state index in [1.54, 1.807) is 23.4 Å². The van der Waals surface area contributed by atoms with Gasteiger partial charge in [-0.25, -0.2) is 8.42 Å². The zero-order valence-corrected chi connectivity index (χ0v) is 14.9. The quantitative estimate of drug-likeness (QED) is 0.852. The summed E-state index contributed by atoms with van der Waals surface area (Å²) in [5.41, 5.74) is 1.76. The molecule has 0 saturated carbocycles. The van der Waals surface area contributed by atoms with Crippen molar-refractivity contribution in [1.29, 1.82) is 0 Å². The number of nitrogens with zero attached hydrogens (tertiary/aromatic N) is 2. The second-order valence-electron chi connectivity index (χ2n) is 6.20. The van der Waals surface area contributed by atoms with Crippen LogP contribution in [0.15, 0.2) is 48.8 Å². The first kappa shape index (κ1) is 17.7. The number of rotatable bonds is 6. The lowest BCUT2D eigenvalue weighted by molar-refractivity contribution is 0.0698. The number of aromatic amines is 1. The Labute approximate surface area is 148 Å². The van der Waals surface area contributed by atoms with E-state index < -0.39 is 10.0 Å². The third-order valence-electron chi connectivity index (χ3n) is 4.47. The lowest BCUT2D eigenvalue weighted by Crippen LogP contribution is -2.51. The van der Waals surface area contributed by atoms with Gasteiger partial charge in [-0.05, 0) is 24.5 Å². The van der Waals surface area contributed by atoms with E-state index in [1.807, 2.05) is 30.3 Å². The van der Waals surface area contributed by atoms with E-state index >= 15 is 0 Å². The summed E-state index contributed by atoms with van der Waals surface area (Å²) >= 11 is 0. The molecule has 1 aromatic carbocycles. The molecule has 1 aromatic heterocycles. The Morgan fingerprint density at radius 1 is 1.04 bits per heavy atom. The fraction of sp³-hybridized carbons (Fsp3) is 0.389. The number of aryl methyl sites for hydroxylation is 1. The first-order chi connectivity index (χ1) is 12.1. The van der Waals surface area contributed by atoms with Gasteiger partial charge in [-0.2, -0.15) is 4.31 Å². The van der Waals surface area contributed by atoms with Gasteiger partial charge in [0.25, 0.3) is 5.91 Å². The van der Waals surface area contributed by atoms with Gasteiger partial charge < -0.3 is 9.88 Å². The summed E-state index contributed by atoms with van der Waals surface area (Å²) in [6.45, 7) is 1.59. The van der Waals surface area contributed by atoms with Gasteiger partial charge in [0.2, 0.25) is 10.0 Å². The van der Waals surface area contributed by atoms with E-state index in [0.717, 1.165) is 12.0 Å². The predicted molar refractivity (Wildman–Crippen MR) is 96.8 cm³/mol. The minimum Gasteiger partial charge on any atom is -0.367 e. The molecule has 1 aliphatic heterocycles. The molecule has 1 amide bonds. The highest BCUT2D eigenvalue weighted by Gasteiger charge is 2.28. The number of benzene rings is 1. The van der Waals surface area contributed by atoms with Gasteiger partial charge in [-0.1, -0.05) is 30.3 Å². The van der Waals surface area contributed by atoms with Crippen LogP contribution in [0, 0.1) is 0 Å². The molecular weight excluding hydrogens is 338 g/mol. The average Bonchev–Trinajstić information content (AvgIpc) is 3.17. The third-order valence-corrected chi connectivity index (χ3v) is 6.43. The second-order valence-corrected chi connectivity index (χ2v) is 8.28. The van der Waals surface area contributed by atoms with Gasteiger partial charge in [0.1, 0.15) is 0 Å². The Kier molecular flexibility index (Phi) is 5.55. The summed E-state index contributed by atoms with van der Waals surface area (Å²) in [6, 6.07) is 11.6. The fourth-order valence-electron chi connectivity index (χ4n) is 3.04. The van der Waals surface area contributed by atoms with Gasteiger partial charge in [0, 0.05) is 38.6 Å². The Morgan fingerprint density at radius 2 is 1.76 bits per heavy atom. The van der Waals surface area contributed by atoms with Crippen molar-refractivity contribution in [1.82, 2.24) is 14.2 Å². The number of piperazine rings is 1.